The summed E-state index contributed by atoms with van der Waals surface area (Å²) in [6, 6.07) is 20.2. The summed E-state index contributed by atoms with van der Waals surface area (Å²) < 4.78 is 6.12. The lowest BCUT2D eigenvalue weighted by atomic mass is 9.79. The molecule has 0 atom stereocenters. The van der Waals surface area contributed by atoms with Crippen molar-refractivity contribution < 1.29 is 9.76 Å². The van der Waals surface area contributed by atoms with E-state index in [9.17, 15) is 5.11 Å². The van der Waals surface area contributed by atoms with Gasteiger partial charge in [0.2, 0.25) is 0 Å². The van der Waals surface area contributed by atoms with E-state index in [-0.39, 0.29) is 0 Å². The molecule has 3 nitrogen and oxygen atoms in total. The molecule has 2 rings (SSSR count). The highest BCUT2D eigenvalue weighted by Crippen LogP contribution is 2.26. The molecule has 28 heavy (non-hydrogen) atoms. The first-order chi connectivity index (χ1) is 13.2. The normalized spacial score (nSPS) is 13.3. The fourth-order valence-corrected chi connectivity index (χ4v) is 2.52. The molecule has 2 aromatic rings. The van der Waals surface area contributed by atoms with E-state index in [4.69, 9.17) is 4.65 Å². The van der Waals surface area contributed by atoms with Crippen molar-refractivity contribution in [1.82, 2.24) is 0 Å². The van der Waals surface area contributed by atoms with Crippen LogP contribution in [0, 0.1) is 0 Å². The van der Waals surface area contributed by atoms with Crippen molar-refractivity contribution in [2.75, 3.05) is 0 Å². The van der Waals surface area contributed by atoms with Gasteiger partial charge in [-0.2, -0.15) is 0 Å². The Morgan fingerprint density at radius 1 is 1.04 bits per heavy atom. The van der Waals surface area contributed by atoms with E-state index in [1.54, 1.807) is 13.8 Å². The summed E-state index contributed by atoms with van der Waals surface area (Å²) in [5.74, 6) is 0. The summed E-state index contributed by atoms with van der Waals surface area (Å²) in [5, 5.41) is 10.4. The van der Waals surface area contributed by atoms with Crippen LogP contribution in [-0.2, 0) is 11.2 Å². The average molecular weight is 375 g/mol. The molecule has 0 aliphatic carbocycles. The molecule has 0 saturated carbocycles. The van der Waals surface area contributed by atoms with Gasteiger partial charge in [0, 0.05) is 6.21 Å². The number of hydrogen-bond acceptors (Lipinski definition) is 3. The predicted molar refractivity (Wildman–Crippen MR) is 121 cm³/mol. The molecule has 0 saturated heterocycles. The molecule has 0 bridgehead atoms. The Kier molecular flexibility index (Phi) is 7.56. The lowest BCUT2D eigenvalue weighted by Crippen LogP contribution is -2.48. The maximum atomic E-state index is 10.4. The van der Waals surface area contributed by atoms with E-state index >= 15 is 0 Å². The van der Waals surface area contributed by atoms with Gasteiger partial charge in [0.1, 0.15) is 0 Å². The summed E-state index contributed by atoms with van der Waals surface area (Å²) in [5.41, 5.74) is 2.42. The average Bonchev–Trinajstić information content (AvgIpc) is 2.67. The molecule has 146 valence electrons. The minimum absolute atomic E-state index is 0.325. The lowest BCUT2D eigenvalue weighted by Gasteiger charge is -2.37. The van der Waals surface area contributed by atoms with Crippen LogP contribution >= 0.6 is 0 Å². The zero-order valence-corrected chi connectivity index (χ0v) is 17.4. The number of nitrogens with zero attached hydrogens (tertiary/aromatic N) is 1. The number of aliphatic hydroxyl groups is 1. The first-order valence-electron chi connectivity index (χ1n) is 9.55. The summed E-state index contributed by atoms with van der Waals surface area (Å²) in [4.78, 5) is 4.63. The summed E-state index contributed by atoms with van der Waals surface area (Å²) in [6.45, 7) is 11.9. The minimum atomic E-state index is -0.972. The highest BCUT2D eigenvalue weighted by atomic mass is 16.5. The van der Waals surface area contributed by atoms with Crippen molar-refractivity contribution in [1.29, 1.82) is 0 Å². The summed E-state index contributed by atoms with van der Waals surface area (Å²) >= 11 is 0. The van der Waals surface area contributed by atoms with Crippen LogP contribution in [0.2, 0.25) is 0 Å². The summed E-state index contributed by atoms with van der Waals surface area (Å²) in [7, 11) is 0.325. The Morgan fingerprint density at radius 3 is 2.14 bits per heavy atom. The first kappa shape index (κ1) is 21.9. The number of hydrogen-bond donors (Lipinski definition) is 1. The van der Waals surface area contributed by atoms with Gasteiger partial charge >= 0.3 is 7.48 Å². The lowest BCUT2D eigenvalue weighted by molar-refractivity contribution is -0.0895. The van der Waals surface area contributed by atoms with Gasteiger partial charge in [0.05, 0.1) is 17.7 Å². The van der Waals surface area contributed by atoms with Crippen LogP contribution in [0.4, 0.5) is 0 Å². The van der Waals surface area contributed by atoms with Crippen LogP contribution < -0.4 is 0 Å². The van der Waals surface area contributed by atoms with Crippen LogP contribution in [-0.4, -0.2) is 30.0 Å². The van der Waals surface area contributed by atoms with Gasteiger partial charge in [0.25, 0.3) is 0 Å². The van der Waals surface area contributed by atoms with E-state index in [1.165, 1.54) is 0 Å². The quantitative estimate of drug-likeness (QED) is 0.390. The van der Waals surface area contributed by atoms with Crippen LogP contribution in [0.25, 0.3) is 5.57 Å². The summed E-state index contributed by atoms with van der Waals surface area (Å²) in [6.07, 6.45) is 3.69. The molecule has 0 spiro atoms. The molecule has 0 aliphatic rings. The predicted octanol–water partition coefficient (Wildman–Crippen LogP) is 4.77. The third-order valence-electron chi connectivity index (χ3n) is 5.06. The molecule has 0 heterocycles. The SMILES string of the molecule is C=C/C(=C(BOC(C)(C)C(C)(C)O)\C=N/Cc1ccccc1)c1ccccc1. The zero-order valence-electron chi connectivity index (χ0n) is 17.4. The third kappa shape index (κ3) is 6.05. The number of rotatable bonds is 9. The van der Waals surface area contributed by atoms with Crippen molar-refractivity contribution in [3.05, 3.63) is 89.9 Å². The molecule has 1 N–H and O–H groups in total. The Hall–Kier alpha value is -2.43. The van der Waals surface area contributed by atoms with E-state index in [1.807, 2.05) is 74.7 Å². The maximum Gasteiger partial charge on any atom is 0.311 e. The van der Waals surface area contributed by atoms with Gasteiger partial charge in [0.15, 0.2) is 0 Å². The molecule has 0 amide bonds. The van der Waals surface area contributed by atoms with Crippen LogP contribution in [0.15, 0.2) is 83.8 Å². The number of benzene rings is 2. The van der Waals surface area contributed by atoms with Gasteiger partial charge in [-0.1, -0.05) is 73.3 Å². The highest BCUT2D eigenvalue weighted by molar-refractivity contribution is 6.49. The molecular weight excluding hydrogens is 345 g/mol. The van der Waals surface area contributed by atoms with E-state index in [0.29, 0.717) is 14.0 Å². The molecule has 4 heteroatoms. The Labute approximate surface area is 169 Å². The highest BCUT2D eigenvalue weighted by Gasteiger charge is 2.35. The fourth-order valence-electron chi connectivity index (χ4n) is 2.52. The van der Waals surface area contributed by atoms with Gasteiger partial charge in [-0.15, -0.1) is 0 Å². The van der Waals surface area contributed by atoms with Crippen molar-refractivity contribution in [3.63, 3.8) is 0 Å². The van der Waals surface area contributed by atoms with Crippen molar-refractivity contribution in [2.45, 2.75) is 45.4 Å². The second-order valence-electron chi connectivity index (χ2n) is 7.82. The third-order valence-corrected chi connectivity index (χ3v) is 5.06. The van der Waals surface area contributed by atoms with Gasteiger partial charge in [-0.05, 0) is 49.9 Å². The van der Waals surface area contributed by atoms with Crippen LogP contribution in [0.3, 0.4) is 0 Å². The largest absolute Gasteiger partial charge is 0.427 e. The van der Waals surface area contributed by atoms with Gasteiger partial charge in [-0.3, -0.25) is 4.99 Å². The fraction of sp³-hybridized carbons (Fsp3) is 0.292. The van der Waals surface area contributed by atoms with Gasteiger partial charge < -0.3 is 9.76 Å². The number of allylic oxidation sites excluding steroid dienone is 3. The van der Waals surface area contributed by atoms with Crippen molar-refractivity contribution in [2.24, 2.45) is 4.99 Å². The zero-order chi connectivity index (χ0) is 20.6. The maximum absolute atomic E-state index is 10.4. The topological polar surface area (TPSA) is 41.8 Å². The van der Waals surface area contributed by atoms with Gasteiger partial charge in [-0.25, -0.2) is 0 Å². The van der Waals surface area contributed by atoms with Crippen LogP contribution in [0.1, 0.15) is 38.8 Å². The molecule has 0 unspecified atom stereocenters. The second kappa shape index (κ2) is 9.67. The van der Waals surface area contributed by atoms with Crippen molar-refractivity contribution in [3.8, 4) is 0 Å². The standard InChI is InChI=1S/C24H30BNO2/c1-6-21(20-15-11-8-12-16-20)22(25-28-24(4,5)23(2,3)27)18-26-17-19-13-9-7-10-14-19/h6-16,18,25,27H,1,17H2,2-5H3/b22-21-,26-18-. The molecule has 0 aliphatic heterocycles. The van der Waals surface area contributed by atoms with E-state index in [2.05, 4.69) is 23.7 Å². The molecule has 0 aromatic heterocycles. The molecule has 0 radical (unpaired) electrons. The monoisotopic (exact) mass is 375 g/mol. The Morgan fingerprint density at radius 2 is 1.61 bits per heavy atom. The van der Waals surface area contributed by atoms with Crippen LogP contribution in [0.5, 0.6) is 0 Å². The molecule has 0 fully saturated rings. The Bertz CT molecular complexity index is 819. The van der Waals surface area contributed by atoms with Crippen molar-refractivity contribution >= 4 is 19.3 Å². The number of aliphatic imine (C=N–C) groups is 1. The first-order valence-corrected chi connectivity index (χ1v) is 9.55. The van der Waals surface area contributed by atoms with E-state index in [0.717, 1.165) is 22.2 Å². The second-order valence-corrected chi connectivity index (χ2v) is 7.82. The Balaban J connectivity index is 2.32. The van der Waals surface area contributed by atoms with E-state index < -0.39 is 11.2 Å². The molecule has 2 aromatic carbocycles. The molecular formula is C24H30BNO2. The minimum Gasteiger partial charge on any atom is -0.427 e. The smallest absolute Gasteiger partial charge is 0.311 e.